The summed E-state index contributed by atoms with van der Waals surface area (Å²) in [5, 5.41) is 6.88. The van der Waals surface area contributed by atoms with Crippen molar-refractivity contribution in [3.05, 3.63) is 72.8 Å². The number of benzene rings is 2. The van der Waals surface area contributed by atoms with Crippen LogP contribution in [-0.4, -0.2) is 33.1 Å². The summed E-state index contributed by atoms with van der Waals surface area (Å²) >= 11 is 0. The van der Waals surface area contributed by atoms with Gasteiger partial charge in [0.1, 0.15) is 12.7 Å². The molecule has 1 aliphatic heterocycles. The second kappa shape index (κ2) is 7.87. The van der Waals surface area contributed by atoms with E-state index in [4.69, 9.17) is 0 Å². The zero-order valence-corrected chi connectivity index (χ0v) is 15.2. The molecule has 3 aromatic rings. The van der Waals surface area contributed by atoms with Gasteiger partial charge in [0.25, 0.3) is 0 Å². The van der Waals surface area contributed by atoms with Gasteiger partial charge >= 0.3 is 0 Å². The maximum atomic E-state index is 12.1. The van der Waals surface area contributed by atoms with Gasteiger partial charge in [-0.3, -0.25) is 9.59 Å². The third-order valence-corrected chi connectivity index (χ3v) is 4.52. The number of rotatable bonds is 5. The van der Waals surface area contributed by atoms with Crippen LogP contribution >= 0.6 is 0 Å². The summed E-state index contributed by atoms with van der Waals surface area (Å²) in [6, 6.07) is 14.9. The van der Waals surface area contributed by atoms with Crippen LogP contribution in [0.4, 0.5) is 11.4 Å². The van der Waals surface area contributed by atoms with Crippen molar-refractivity contribution in [1.82, 2.24) is 14.8 Å². The second-order valence-electron chi connectivity index (χ2n) is 6.45. The van der Waals surface area contributed by atoms with Gasteiger partial charge in [-0.15, -0.1) is 0 Å². The van der Waals surface area contributed by atoms with Crippen molar-refractivity contribution >= 4 is 29.3 Å². The lowest BCUT2D eigenvalue weighted by Gasteiger charge is -2.15. The lowest BCUT2D eigenvalue weighted by molar-refractivity contribution is -0.117. The molecule has 0 spiro atoms. The largest absolute Gasteiger partial charge is 0.323 e. The van der Waals surface area contributed by atoms with Crippen molar-refractivity contribution in [1.29, 1.82) is 0 Å². The van der Waals surface area contributed by atoms with Crippen molar-refractivity contribution in [2.75, 3.05) is 16.8 Å². The van der Waals surface area contributed by atoms with E-state index in [1.807, 2.05) is 48.5 Å². The Kier molecular flexibility index (Phi) is 4.97. The number of hydrogen-bond acceptors (Lipinski definition) is 4. The van der Waals surface area contributed by atoms with Crippen LogP contribution in [0.2, 0.25) is 0 Å². The van der Waals surface area contributed by atoms with Crippen molar-refractivity contribution in [2.24, 2.45) is 0 Å². The normalized spacial score (nSPS) is 14.0. The van der Waals surface area contributed by atoms with Crippen LogP contribution in [0.1, 0.15) is 18.4 Å². The van der Waals surface area contributed by atoms with Gasteiger partial charge in [-0.1, -0.05) is 12.1 Å². The lowest BCUT2D eigenvalue weighted by Crippen LogP contribution is -2.23. The van der Waals surface area contributed by atoms with Crippen LogP contribution in [0, 0.1) is 0 Å². The van der Waals surface area contributed by atoms with Crippen LogP contribution in [0.25, 0.3) is 11.8 Å². The first-order valence-corrected chi connectivity index (χ1v) is 9.04. The molecule has 1 aliphatic rings. The Balaban J connectivity index is 1.35. The van der Waals surface area contributed by atoms with Crippen LogP contribution in [0.15, 0.2) is 67.3 Å². The van der Waals surface area contributed by atoms with Gasteiger partial charge in [0.05, 0.1) is 5.69 Å². The fourth-order valence-corrected chi connectivity index (χ4v) is 3.08. The Labute approximate surface area is 162 Å². The third-order valence-electron chi connectivity index (χ3n) is 4.52. The van der Waals surface area contributed by atoms with Gasteiger partial charge in [-0.2, -0.15) is 5.10 Å². The first-order chi connectivity index (χ1) is 13.7. The molecule has 2 aromatic carbocycles. The molecule has 0 unspecified atom stereocenters. The van der Waals surface area contributed by atoms with Gasteiger partial charge in [-0.05, 0) is 54.5 Å². The first kappa shape index (κ1) is 17.7. The summed E-state index contributed by atoms with van der Waals surface area (Å²) in [5.74, 6) is -0.0511. The van der Waals surface area contributed by atoms with E-state index in [0.717, 1.165) is 29.9 Å². The van der Waals surface area contributed by atoms with Crippen LogP contribution in [0.5, 0.6) is 0 Å². The molecule has 0 aliphatic carbocycles. The number of nitrogens with one attached hydrogen (secondary N) is 1. The van der Waals surface area contributed by atoms with Gasteiger partial charge in [0.15, 0.2) is 0 Å². The summed E-state index contributed by atoms with van der Waals surface area (Å²) in [7, 11) is 0. The summed E-state index contributed by atoms with van der Waals surface area (Å²) in [6.45, 7) is 0.770. The Morgan fingerprint density at radius 1 is 1.04 bits per heavy atom. The van der Waals surface area contributed by atoms with E-state index in [9.17, 15) is 9.59 Å². The molecule has 2 amide bonds. The predicted molar refractivity (Wildman–Crippen MR) is 107 cm³/mol. The molecule has 0 atom stereocenters. The predicted octanol–water partition coefficient (Wildman–Crippen LogP) is 3.05. The SMILES string of the molecule is O=C(/C=C/c1ccc(N2CCCC2=O)cc1)Nc1ccc(-n2cncn2)cc1. The molecule has 28 heavy (non-hydrogen) atoms. The monoisotopic (exact) mass is 373 g/mol. The van der Waals surface area contributed by atoms with Crippen molar-refractivity contribution in [3.63, 3.8) is 0 Å². The Hall–Kier alpha value is -3.74. The number of hydrogen-bond donors (Lipinski definition) is 1. The van der Waals surface area contributed by atoms with E-state index < -0.39 is 0 Å². The van der Waals surface area contributed by atoms with Crippen LogP contribution in [-0.2, 0) is 9.59 Å². The maximum Gasteiger partial charge on any atom is 0.248 e. The number of nitrogens with zero attached hydrogens (tertiary/aromatic N) is 4. The van der Waals surface area contributed by atoms with Crippen LogP contribution < -0.4 is 10.2 Å². The zero-order valence-electron chi connectivity index (χ0n) is 15.2. The van der Waals surface area contributed by atoms with Crippen molar-refractivity contribution in [3.8, 4) is 5.69 Å². The highest BCUT2D eigenvalue weighted by molar-refractivity contribution is 6.02. The van der Waals surface area contributed by atoms with E-state index in [0.29, 0.717) is 12.1 Å². The van der Waals surface area contributed by atoms with Crippen molar-refractivity contribution < 1.29 is 9.59 Å². The zero-order chi connectivity index (χ0) is 19.3. The molecular weight excluding hydrogens is 354 g/mol. The minimum atomic E-state index is -0.215. The van der Waals surface area contributed by atoms with Gasteiger partial charge < -0.3 is 10.2 Å². The summed E-state index contributed by atoms with van der Waals surface area (Å²) in [4.78, 5) is 29.6. The van der Waals surface area contributed by atoms with Gasteiger partial charge in [0.2, 0.25) is 11.8 Å². The number of aromatic nitrogens is 3. The molecule has 1 fully saturated rings. The van der Waals surface area contributed by atoms with E-state index >= 15 is 0 Å². The molecule has 0 radical (unpaired) electrons. The molecule has 1 saturated heterocycles. The van der Waals surface area contributed by atoms with Gasteiger partial charge in [-0.25, -0.2) is 9.67 Å². The summed E-state index contributed by atoms with van der Waals surface area (Å²) in [5.41, 5.74) is 3.35. The highest BCUT2D eigenvalue weighted by atomic mass is 16.2. The third kappa shape index (κ3) is 3.98. The smallest absolute Gasteiger partial charge is 0.248 e. The first-order valence-electron chi connectivity index (χ1n) is 9.04. The second-order valence-corrected chi connectivity index (χ2v) is 6.45. The van der Waals surface area contributed by atoms with E-state index in [1.54, 1.807) is 22.0 Å². The molecule has 140 valence electrons. The number of carbonyl (C=O) groups excluding carboxylic acids is 2. The Morgan fingerprint density at radius 3 is 2.43 bits per heavy atom. The maximum absolute atomic E-state index is 12.1. The lowest BCUT2D eigenvalue weighted by atomic mass is 10.2. The average Bonchev–Trinajstić information content (AvgIpc) is 3.39. The van der Waals surface area contributed by atoms with Crippen molar-refractivity contribution in [2.45, 2.75) is 12.8 Å². The number of carbonyl (C=O) groups is 2. The standard InChI is InChI=1S/C21H19N5O2/c27-20(24-17-6-10-19(11-7-17)26-15-22-14-23-26)12-5-16-3-8-18(9-4-16)25-13-1-2-21(25)28/h3-12,14-15H,1-2,13H2,(H,24,27)/b12-5+. The van der Waals surface area contributed by atoms with E-state index in [1.165, 1.54) is 12.4 Å². The molecule has 7 heteroatoms. The highest BCUT2D eigenvalue weighted by Crippen LogP contribution is 2.22. The summed E-state index contributed by atoms with van der Waals surface area (Å²) < 4.78 is 1.64. The summed E-state index contributed by atoms with van der Waals surface area (Å²) in [6.07, 6.45) is 7.83. The van der Waals surface area contributed by atoms with Crippen LogP contribution in [0.3, 0.4) is 0 Å². The fourth-order valence-electron chi connectivity index (χ4n) is 3.08. The Bertz CT molecular complexity index is 992. The fraction of sp³-hybridized carbons (Fsp3) is 0.143. The molecule has 1 N–H and O–H groups in total. The molecular formula is C21H19N5O2. The molecule has 1 aromatic heterocycles. The Morgan fingerprint density at radius 2 is 1.79 bits per heavy atom. The molecule has 7 nitrogen and oxygen atoms in total. The highest BCUT2D eigenvalue weighted by Gasteiger charge is 2.21. The molecule has 0 bridgehead atoms. The number of amides is 2. The van der Waals surface area contributed by atoms with E-state index in [2.05, 4.69) is 15.4 Å². The molecule has 0 saturated carbocycles. The quantitative estimate of drug-likeness (QED) is 0.697. The van der Waals surface area contributed by atoms with Gasteiger partial charge in [0, 0.05) is 30.4 Å². The molecule has 2 heterocycles. The average molecular weight is 373 g/mol. The minimum Gasteiger partial charge on any atom is -0.323 e. The topological polar surface area (TPSA) is 80.1 Å². The number of anilines is 2. The molecule has 4 rings (SSSR count). The minimum absolute atomic E-state index is 0.164. The van der Waals surface area contributed by atoms with E-state index in [-0.39, 0.29) is 11.8 Å².